The van der Waals surface area contributed by atoms with E-state index < -0.39 is 5.97 Å². The number of benzene rings is 3. The van der Waals surface area contributed by atoms with Crippen LogP contribution in [0.25, 0.3) is 12.2 Å². The number of rotatable bonds is 9. The molecule has 1 heterocycles. The highest BCUT2D eigenvalue weighted by Gasteiger charge is 2.22. The molecule has 4 aromatic rings. The van der Waals surface area contributed by atoms with Crippen molar-refractivity contribution in [2.45, 2.75) is 45.4 Å². The first-order valence-corrected chi connectivity index (χ1v) is 14.6. The lowest BCUT2D eigenvalue weighted by molar-refractivity contribution is -0.135. The van der Waals surface area contributed by atoms with E-state index in [-0.39, 0.29) is 30.7 Å². The Hall–Kier alpha value is -4.43. The first-order valence-electron chi connectivity index (χ1n) is 13.7. The smallest absolute Gasteiger partial charge is 0.333 e. The molecular weight excluding hydrogens is 536 g/mol. The van der Waals surface area contributed by atoms with Crippen molar-refractivity contribution in [3.63, 3.8) is 0 Å². The van der Waals surface area contributed by atoms with Crippen LogP contribution in [0.1, 0.15) is 48.1 Å². The summed E-state index contributed by atoms with van der Waals surface area (Å²) in [6.07, 6.45) is 5.84. The molecule has 0 fully saturated rings. The summed E-state index contributed by atoms with van der Waals surface area (Å²) in [7, 11) is 0. The van der Waals surface area contributed by atoms with Crippen LogP contribution in [0.5, 0.6) is 5.75 Å². The fraction of sp³-hybridized carbons (Fsp3) is 0.242. The summed E-state index contributed by atoms with van der Waals surface area (Å²) in [5.74, 6) is -0.126. The van der Waals surface area contributed by atoms with E-state index in [2.05, 4.69) is 11.4 Å². The summed E-state index contributed by atoms with van der Waals surface area (Å²) in [5.41, 5.74) is 3.89. The van der Waals surface area contributed by atoms with Gasteiger partial charge in [0.15, 0.2) is 0 Å². The topological polar surface area (TPSA) is 86.6 Å². The third-order valence-corrected chi connectivity index (χ3v) is 7.96. The SMILES string of the molecule is CCOC(=O)/C=c1\s/c(=C/c2ccc(OCc3ccccc3)cc2)c(=O)n1CC(=O)N[C@@H]1CCCc2ccccc21. The minimum absolute atomic E-state index is 0.104. The Morgan fingerprint density at radius 2 is 1.78 bits per heavy atom. The van der Waals surface area contributed by atoms with Gasteiger partial charge in [-0.05, 0) is 66.6 Å². The van der Waals surface area contributed by atoms with Gasteiger partial charge in [0.05, 0.1) is 23.3 Å². The van der Waals surface area contributed by atoms with E-state index in [4.69, 9.17) is 9.47 Å². The fourth-order valence-electron chi connectivity index (χ4n) is 4.92. The molecule has 0 bridgehead atoms. The Morgan fingerprint density at radius 1 is 1.02 bits per heavy atom. The van der Waals surface area contributed by atoms with Gasteiger partial charge < -0.3 is 14.8 Å². The van der Waals surface area contributed by atoms with Gasteiger partial charge in [-0.3, -0.25) is 14.2 Å². The van der Waals surface area contributed by atoms with Gasteiger partial charge in [0, 0.05) is 0 Å². The minimum atomic E-state index is -0.560. The molecule has 0 saturated carbocycles. The van der Waals surface area contributed by atoms with Crippen LogP contribution in [0.3, 0.4) is 0 Å². The molecule has 5 rings (SSSR count). The zero-order chi connectivity index (χ0) is 28.6. The lowest BCUT2D eigenvalue weighted by Crippen LogP contribution is -2.40. The predicted molar refractivity (Wildman–Crippen MR) is 160 cm³/mol. The molecule has 0 spiro atoms. The van der Waals surface area contributed by atoms with Crippen molar-refractivity contribution in [2.24, 2.45) is 0 Å². The lowest BCUT2D eigenvalue weighted by Gasteiger charge is -2.26. The van der Waals surface area contributed by atoms with Gasteiger partial charge >= 0.3 is 5.97 Å². The maximum Gasteiger partial charge on any atom is 0.333 e. The van der Waals surface area contributed by atoms with Gasteiger partial charge in [0.1, 0.15) is 23.6 Å². The molecule has 0 radical (unpaired) electrons. The minimum Gasteiger partial charge on any atom is -0.489 e. The van der Waals surface area contributed by atoms with Gasteiger partial charge in [0.2, 0.25) is 5.91 Å². The second-order valence-electron chi connectivity index (χ2n) is 9.79. The Labute approximate surface area is 242 Å². The second-order valence-corrected chi connectivity index (χ2v) is 10.9. The molecule has 3 aromatic carbocycles. The molecule has 210 valence electrons. The number of nitrogens with zero attached hydrogens (tertiary/aromatic N) is 1. The number of carbonyl (C=O) groups is 2. The van der Waals surface area contributed by atoms with Crippen LogP contribution >= 0.6 is 11.3 Å². The van der Waals surface area contributed by atoms with Crippen LogP contribution < -0.4 is 24.8 Å². The first kappa shape index (κ1) is 28.1. The lowest BCUT2D eigenvalue weighted by atomic mass is 9.88. The molecule has 1 atom stereocenters. The molecule has 1 amide bonds. The monoisotopic (exact) mass is 568 g/mol. The number of aryl methyl sites for hydroxylation is 1. The summed E-state index contributed by atoms with van der Waals surface area (Å²) in [6.45, 7) is 2.19. The molecule has 7 nitrogen and oxygen atoms in total. The third kappa shape index (κ3) is 7.21. The molecule has 0 aliphatic heterocycles. The summed E-state index contributed by atoms with van der Waals surface area (Å²) < 4.78 is 13.1. The number of fused-ring (bicyclic) bond motifs is 1. The quantitative estimate of drug-likeness (QED) is 0.310. The highest BCUT2D eigenvalue weighted by Crippen LogP contribution is 2.29. The van der Waals surface area contributed by atoms with Crippen molar-refractivity contribution in [3.8, 4) is 5.75 Å². The number of ether oxygens (including phenoxy) is 2. The Bertz CT molecular complexity index is 1690. The maximum atomic E-state index is 13.5. The van der Waals surface area contributed by atoms with E-state index >= 15 is 0 Å². The average molecular weight is 569 g/mol. The van der Waals surface area contributed by atoms with Crippen molar-refractivity contribution in [3.05, 3.63) is 121 Å². The van der Waals surface area contributed by atoms with Crippen LogP contribution in [-0.2, 0) is 33.9 Å². The summed E-state index contributed by atoms with van der Waals surface area (Å²) in [5, 5.41) is 3.10. The molecule has 41 heavy (non-hydrogen) atoms. The van der Waals surface area contributed by atoms with Crippen molar-refractivity contribution in [1.82, 2.24) is 9.88 Å². The predicted octanol–water partition coefficient (Wildman–Crippen LogP) is 3.86. The van der Waals surface area contributed by atoms with Gasteiger partial charge in [-0.15, -0.1) is 11.3 Å². The number of amides is 1. The highest BCUT2D eigenvalue weighted by atomic mass is 32.1. The van der Waals surface area contributed by atoms with E-state index in [1.165, 1.54) is 16.2 Å². The summed E-state index contributed by atoms with van der Waals surface area (Å²) in [4.78, 5) is 38.9. The number of thiazole rings is 1. The molecule has 1 aliphatic carbocycles. The van der Waals surface area contributed by atoms with Crippen LogP contribution in [0.15, 0.2) is 83.7 Å². The van der Waals surface area contributed by atoms with E-state index in [9.17, 15) is 14.4 Å². The number of esters is 1. The van der Waals surface area contributed by atoms with Crippen LogP contribution in [0.2, 0.25) is 0 Å². The number of hydrogen-bond donors (Lipinski definition) is 1. The molecule has 1 aromatic heterocycles. The Balaban J connectivity index is 1.37. The van der Waals surface area contributed by atoms with Crippen LogP contribution in [0.4, 0.5) is 0 Å². The zero-order valence-electron chi connectivity index (χ0n) is 22.9. The van der Waals surface area contributed by atoms with Gasteiger partial charge in [-0.2, -0.15) is 0 Å². The summed E-state index contributed by atoms with van der Waals surface area (Å²) in [6, 6.07) is 25.4. The van der Waals surface area contributed by atoms with Gasteiger partial charge in [-0.25, -0.2) is 4.79 Å². The highest BCUT2D eigenvalue weighted by molar-refractivity contribution is 7.07. The zero-order valence-corrected chi connectivity index (χ0v) is 23.7. The molecule has 1 N–H and O–H groups in total. The maximum absolute atomic E-state index is 13.5. The van der Waals surface area contributed by atoms with Crippen molar-refractivity contribution in [2.75, 3.05) is 6.61 Å². The molecular formula is C33H32N2O5S. The molecule has 8 heteroatoms. The van der Waals surface area contributed by atoms with E-state index in [1.807, 2.05) is 72.8 Å². The van der Waals surface area contributed by atoms with E-state index in [0.29, 0.717) is 21.6 Å². The van der Waals surface area contributed by atoms with E-state index in [1.54, 1.807) is 13.0 Å². The Kier molecular flexibility index (Phi) is 9.11. The van der Waals surface area contributed by atoms with Gasteiger partial charge in [0.25, 0.3) is 5.56 Å². The number of hydrogen-bond acceptors (Lipinski definition) is 6. The number of carbonyl (C=O) groups excluding carboxylic acids is 2. The molecule has 1 aliphatic rings. The van der Waals surface area contributed by atoms with E-state index in [0.717, 1.165) is 47.3 Å². The standard InChI is InChI=1S/C33H32N2O5S/c1-2-39-32(37)20-31-35(21-30(36)34-28-14-8-12-25-11-6-7-13-27(25)28)33(38)29(41-31)19-23-15-17-26(18-16-23)40-22-24-9-4-3-5-10-24/h3-7,9-11,13,15-20,28H,2,8,12,14,21-22H2,1H3,(H,34,36)/b29-19+,31-20-/t28-/m1/s1. The first-order chi connectivity index (χ1) is 20.0. The molecule has 0 saturated heterocycles. The largest absolute Gasteiger partial charge is 0.489 e. The van der Waals surface area contributed by atoms with Crippen LogP contribution in [-0.4, -0.2) is 23.1 Å². The summed E-state index contributed by atoms with van der Waals surface area (Å²) >= 11 is 1.15. The van der Waals surface area contributed by atoms with Crippen LogP contribution in [0, 0.1) is 0 Å². The molecule has 0 unspecified atom stereocenters. The van der Waals surface area contributed by atoms with Crippen molar-refractivity contribution < 1.29 is 19.1 Å². The number of aromatic nitrogens is 1. The van der Waals surface area contributed by atoms with Gasteiger partial charge in [-0.1, -0.05) is 66.7 Å². The van der Waals surface area contributed by atoms with Crippen molar-refractivity contribution >= 4 is 35.4 Å². The Morgan fingerprint density at radius 3 is 2.56 bits per heavy atom. The third-order valence-electron chi connectivity index (χ3n) is 6.90. The number of nitrogens with one attached hydrogen (secondary N) is 1. The fourth-order valence-corrected chi connectivity index (χ4v) is 5.95. The average Bonchev–Trinajstić information content (AvgIpc) is 3.26. The van der Waals surface area contributed by atoms with Crippen molar-refractivity contribution in [1.29, 1.82) is 0 Å². The normalized spacial score (nSPS) is 15.3. The second kappa shape index (κ2) is 13.3.